The minimum absolute atomic E-state index is 0.343. The van der Waals surface area contributed by atoms with Gasteiger partial charge in [-0.2, -0.15) is 0 Å². The van der Waals surface area contributed by atoms with E-state index < -0.39 is 29.0 Å². The Kier molecular flexibility index (Phi) is 7.11. The molecule has 0 N–H and O–H groups in total. The van der Waals surface area contributed by atoms with E-state index in [1.54, 1.807) is 12.1 Å². The first kappa shape index (κ1) is 24.2. The van der Waals surface area contributed by atoms with E-state index in [4.69, 9.17) is 9.47 Å². The van der Waals surface area contributed by atoms with Crippen LogP contribution in [-0.4, -0.2) is 26.2 Å². The predicted octanol–water partition coefficient (Wildman–Crippen LogP) is 2.77. The maximum atomic E-state index is 11.5. The first-order valence-corrected chi connectivity index (χ1v) is 11.4. The Morgan fingerprint density at radius 1 is 0.750 bits per heavy atom. The van der Waals surface area contributed by atoms with Crippen LogP contribution < -0.4 is 21.2 Å². The maximum absolute atomic E-state index is 11.5. The van der Waals surface area contributed by atoms with Crippen molar-refractivity contribution in [3.8, 4) is 0 Å². The number of esters is 2. The van der Waals surface area contributed by atoms with E-state index in [9.17, 15) is 34.8 Å². The molecule has 0 unspecified atom stereocenters. The zero-order valence-electron chi connectivity index (χ0n) is 14.3. The molecule has 28 heavy (non-hydrogen) atoms. The van der Waals surface area contributed by atoms with Gasteiger partial charge in [0.05, 0.1) is 25.3 Å². The number of benzene rings is 2. The molecule has 2 aromatic rings. The Labute approximate surface area is 166 Å². The molecule has 2 aromatic carbocycles. The van der Waals surface area contributed by atoms with Crippen molar-refractivity contribution >= 4 is 19.7 Å². The first-order chi connectivity index (χ1) is 12.6. The van der Waals surface area contributed by atoms with Crippen molar-refractivity contribution in [1.82, 2.24) is 0 Å². The van der Waals surface area contributed by atoms with Crippen LogP contribution in [-0.2, 0) is 9.47 Å². The summed E-state index contributed by atoms with van der Waals surface area (Å²) in [7, 11) is -7.93. The molecule has 0 saturated carbocycles. The number of halogens is 7. The second kappa shape index (κ2) is 8.24. The number of hydrogen-bond acceptors (Lipinski definition) is 4. The van der Waals surface area contributed by atoms with Crippen molar-refractivity contribution in [2.75, 3.05) is 14.2 Å². The molecule has 2 rings (SSSR count). The Bertz CT molecular complexity index is 802. The van der Waals surface area contributed by atoms with Crippen LogP contribution in [0.3, 0.4) is 0 Å². The minimum atomic E-state index is -10.7. The molecule has 4 nitrogen and oxygen atoms in total. The molecule has 0 fully saturated rings. The third-order valence-corrected chi connectivity index (χ3v) is 5.30. The van der Waals surface area contributed by atoms with Gasteiger partial charge in [-0.05, 0) is 24.3 Å². The second-order valence-electron chi connectivity index (χ2n) is 5.06. The fraction of sp³-hybridized carbons (Fsp3) is 0.125. The van der Waals surface area contributed by atoms with Crippen molar-refractivity contribution in [1.29, 1.82) is 0 Å². The van der Waals surface area contributed by atoms with E-state index in [1.807, 2.05) is 36.4 Å². The van der Waals surface area contributed by atoms with Gasteiger partial charge in [-0.25, -0.2) is 9.59 Å². The quantitative estimate of drug-likeness (QED) is 0.258. The summed E-state index contributed by atoms with van der Waals surface area (Å²) in [4.78, 5) is 23.1. The van der Waals surface area contributed by atoms with Crippen LogP contribution >= 0.6 is 7.81 Å². The van der Waals surface area contributed by atoms with Crippen molar-refractivity contribution in [2.45, 2.75) is 0 Å². The third-order valence-electron chi connectivity index (χ3n) is 2.71. The summed E-state index contributed by atoms with van der Waals surface area (Å²) in [6.45, 7) is 0. The molecule has 0 aliphatic carbocycles. The van der Waals surface area contributed by atoms with Crippen LogP contribution in [0.15, 0.2) is 48.5 Å². The molecular formula is C16H14F6IO4P. The van der Waals surface area contributed by atoms with Gasteiger partial charge in [0.15, 0.2) is 7.14 Å². The van der Waals surface area contributed by atoms with E-state index in [1.165, 1.54) is 14.2 Å². The normalized spacial score (nSPS) is 13.3. The number of carbonyl (C=O) groups is 2. The fourth-order valence-corrected chi connectivity index (χ4v) is 4.19. The number of hydrogen-bond donors (Lipinski definition) is 0. The van der Waals surface area contributed by atoms with Gasteiger partial charge < -0.3 is 9.47 Å². The third kappa shape index (κ3) is 11.1. The van der Waals surface area contributed by atoms with Crippen molar-refractivity contribution < 1.29 is 65.4 Å². The predicted molar refractivity (Wildman–Crippen MR) is 86.5 cm³/mol. The van der Waals surface area contributed by atoms with E-state index >= 15 is 0 Å². The molecule has 0 radical (unpaired) electrons. The van der Waals surface area contributed by atoms with Gasteiger partial charge in [-0.3, -0.25) is 0 Å². The zero-order valence-corrected chi connectivity index (χ0v) is 17.4. The SMILES string of the molecule is COC(=O)c1cccc([I+]c2cccc(C(=O)OC)c2)c1.F[P-](F)(F)(F)(F)F. The van der Waals surface area contributed by atoms with Gasteiger partial charge >= 0.3 is 66.1 Å². The first-order valence-electron chi connectivity index (χ1n) is 7.17. The van der Waals surface area contributed by atoms with E-state index in [2.05, 4.69) is 0 Å². The van der Waals surface area contributed by atoms with Gasteiger partial charge in [0.25, 0.3) is 0 Å². The summed E-state index contributed by atoms with van der Waals surface area (Å²) in [5.74, 6) is -0.687. The molecular weight excluding hydrogens is 528 g/mol. The van der Waals surface area contributed by atoms with Crippen LogP contribution in [0.2, 0.25) is 0 Å². The molecule has 0 aromatic heterocycles. The van der Waals surface area contributed by atoms with Crippen molar-refractivity contribution in [3.63, 3.8) is 0 Å². The summed E-state index contributed by atoms with van der Waals surface area (Å²) in [5.41, 5.74) is 1.08. The fourth-order valence-electron chi connectivity index (χ4n) is 1.71. The van der Waals surface area contributed by atoms with E-state index in [0.717, 1.165) is 7.14 Å². The van der Waals surface area contributed by atoms with E-state index in [-0.39, 0.29) is 11.9 Å². The zero-order chi connectivity index (χ0) is 21.7. The summed E-state index contributed by atoms with van der Waals surface area (Å²) in [6, 6.07) is 14.8. The Morgan fingerprint density at radius 3 is 1.36 bits per heavy atom. The number of ether oxygens (including phenoxy) is 2. The van der Waals surface area contributed by atoms with Crippen LogP contribution in [0.4, 0.5) is 25.2 Å². The van der Waals surface area contributed by atoms with E-state index in [0.29, 0.717) is 11.1 Å². The van der Waals surface area contributed by atoms with Gasteiger partial charge in [0.2, 0.25) is 0 Å². The Morgan fingerprint density at radius 2 is 1.07 bits per heavy atom. The molecule has 156 valence electrons. The van der Waals surface area contributed by atoms with Gasteiger partial charge in [-0.15, -0.1) is 0 Å². The van der Waals surface area contributed by atoms with Gasteiger partial charge in [0, 0.05) is 12.1 Å². The van der Waals surface area contributed by atoms with Gasteiger partial charge in [-0.1, -0.05) is 12.1 Å². The molecule has 12 heteroatoms. The number of methoxy groups -OCH3 is 2. The van der Waals surface area contributed by atoms with Gasteiger partial charge in [0.1, 0.15) is 0 Å². The topological polar surface area (TPSA) is 52.6 Å². The number of rotatable bonds is 4. The van der Waals surface area contributed by atoms with Crippen LogP contribution in [0, 0.1) is 7.14 Å². The average Bonchev–Trinajstić information content (AvgIpc) is 2.58. The summed E-state index contributed by atoms with van der Waals surface area (Å²) in [5, 5.41) is 0. The Hall–Kier alpha value is -1.88. The van der Waals surface area contributed by atoms with Crippen LogP contribution in [0.25, 0.3) is 0 Å². The molecule has 0 heterocycles. The standard InChI is InChI=1S/C16H14IO4.F6P/c1-20-15(18)11-5-3-7-13(9-11)17-14-8-4-6-12(10-14)16(19)21-2;1-7(2,3,4,5)6/h3-10H,1-2H3;/q+1;-1. The summed E-state index contributed by atoms with van der Waals surface area (Å²) in [6.07, 6.45) is 0. The molecule has 0 bridgehead atoms. The second-order valence-corrected chi connectivity index (χ2v) is 10.0. The molecule has 0 spiro atoms. The molecule has 0 aliphatic rings. The average molecular weight is 542 g/mol. The van der Waals surface area contributed by atoms with Crippen molar-refractivity contribution in [3.05, 3.63) is 66.8 Å². The molecule has 0 saturated heterocycles. The Balaban J connectivity index is 0.000000480. The summed E-state index contributed by atoms with van der Waals surface area (Å²) < 4.78 is 70.8. The summed E-state index contributed by atoms with van der Waals surface area (Å²) >= 11 is -0.482. The molecule has 0 aliphatic heterocycles. The van der Waals surface area contributed by atoms with Crippen LogP contribution in [0.1, 0.15) is 20.7 Å². The molecule has 0 atom stereocenters. The number of carbonyl (C=O) groups excluding carboxylic acids is 2. The van der Waals surface area contributed by atoms with Crippen molar-refractivity contribution in [2.24, 2.45) is 0 Å². The monoisotopic (exact) mass is 542 g/mol. The van der Waals surface area contributed by atoms with Crippen LogP contribution in [0.5, 0.6) is 0 Å². The molecule has 0 amide bonds.